The van der Waals surface area contributed by atoms with Gasteiger partial charge in [0.2, 0.25) is 0 Å². The van der Waals surface area contributed by atoms with Crippen LogP contribution < -0.4 is 15.4 Å². The molecule has 9 heteroatoms. The van der Waals surface area contributed by atoms with Gasteiger partial charge in [0, 0.05) is 18.1 Å². The van der Waals surface area contributed by atoms with Gasteiger partial charge in [0.1, 0.15) is 11.9 Å². The second-order valence-electron chi connectivity index (χ2n) is 6.96. The molecule has 0 heterocycles. The molecular formula is C18H31ClIN3O3S. The number of hydrogen-bond acceptors (Lipinski definition) is 4. The lowest BCUT2D eigenvalue weighted by molar-refractivity contribution is 0.230. The minimum Gasteiger partial charge on any atom is -0.489 e. The molecule has 1 rings (SSSR count). The summed E-state index contributed by atoms with van der Waals surface area (Å²) in [5.41, 5.74) is 0. The average molecular weight is 532 g/mol. The topological polar surface area (TPSA) is 79.8 Å². The standard InChI is InChI=1S/C18H30ClN3O3S.HI/c1-6-20-17(21-11-12-26(23,24)18(3,4)5)22-13-14(2)25-16-9-7-15(19)8-10-16;/h7-10,14H,6,11-13H2,1-5H3,(H2,20,21,22);1H. The first kappa shape index (κ1) is 26.3. The normalized spacial score (nSPS) is 13.5. The quantitative estimate of drug-likeness (QED) is 0.305. The average Bonchev–Trinajstić information content (AvgIpc) is 2.53. The fourth-order valence-electron chi connectivity index (χ4n) is 1.95. The molecule has 0 radical (unpaired) electrons. The van der Waals surface area contributed by atoms with E-state index in [9.17, 15) is 8.42 Å². The molecule has 0 aliphatic heterocycles. The Balaban J connectivity index is 0.00000676. The number of nitrogens with one attached hydrogen (secondary N) is 2. The monoisotopic (exact) mass is 531 g/mol. The van der Waals surface area contributed by atoms with E-state index in [2.05, 4.69) is 15.6 Å². The molecule has 0 spiro atoms. The Morgan fingerprint density at radius 1 is 1.22 bits per heavy atom. The Hall–Kier alpha value is -0.740. The van der Waals surface area contributed by atoms with E-state index in [1.807, 2.05) is 26.0 Å². The van der Waals surface area contributed by atoms with Crippen LogP contribution in [0.2, 0.25) is 5.02 Å². The van der Waals surface area contributed by atoms with E-state index in [1.165, 1.54) is 0 Å². The van der Waals surface area contributed by atoms with Crippen molar-refractivity contribution in [2.75, 3.05) is 25.4 Å². The number of benzene rings is 1. The second-order valence-corrected chi connectivity index (χ2v) is 10.3. The Labute approximate surface area is 185 Å². The first-order chi connectivity index (χ1) is 12.0. The number of guanidine groups is 1. The molecule has 0 saturated heterocycles. The lowest BCUT2D eigenvalue weighted by atomic mass is 10.3. The first-order valence-corrected chi connectivity index (χ1v) is 10.7. The molecule has 0 aromatic heterocycles. The third-order valence-corrected chi connectivity index (χ3v) is 6.46. The largest absolute Gasteiger partial charge is 0.489 e. The van der Waals surface area contributed by atoms with Gasteiger partial charge in [0.25, 0.3) is 0 Å². The molecule has 2 N–H and O–H groups in total. The zero-order chi connectivity index (χ0) is 19.8. The highest BCUT2D eigenvalue weighted by molar-refractivity contribution is 14.0. The van der Waals surface area contributed by atoms with Crippen molar-refractivity contribution in [1.29, 1.82) is 0 Å². The molecule has 1 aromatic carbocycles. The summed E-state index contributed by atoms with van der Waals surface area (Å²) in [6.07, 6.45) is -0.134. The minimum atomic E-state index is -3.16. The minimum absolute atomic E-state index is 0. The van der Waals surface area contributed by atoms with Gasteiger partial charge in [-0.15, -0.1) is 24.0 Å². The molecule has 1 atom stereocenters. The van der Waals surface area contributed by atoms with Gasteiger partial charge in [-0.2, -0.15) is 0 Å². The predicted molar refractivity (Wildman–Crippen MR) is 124 cm³/mol. The van der Waals surface area contributed by atoms with Gasteiger partial charge >= 0.3 is 0 Å². The summed E-state index contributed by atoms with van der Waals surface area (Å²) in [5, 5.41) is 6.83. The number of rotatable bonds is 8. The van der Waals surface area contributed by atoms with Crippen molar-refractivity contribution in [3.8, 4) is 5.75 Å². The number of aliphatic imine (C=N–C) groups is 1. The van der Waals surface area contributed by atoms with Crippen LogP contribution in [0.25, 0.3) is 0 Å². The molecular weight excluding hydrogens is 501 g/mol. The van der Waals surface area contributed by atoms with Crippen LogP contribution in [0.15, 0.2) is 29.3 Å². The van der Waals surface area contributed by atoms with Crippen LogP contribution in [0.5, 0.6) is 5.75 Å². The van der Waals surface area contributed by atoms with Crippen molar-refractivity contribution in [1.82, 2.24) is 10.6 Å². The van der Waals surface area contributed by atoms with E-state index in [1.54, 1.807) is 32.9 Å². The van der Waals surface area contributed by atoms with E-state index in [0.29, 0.717) is 30.6 Å². The van der Waals surface area contributed by atoms with Gasteiger partial charge in [-0.05, 0) is 58.9 Å². The van der Waals surface area contributed by atoms with Gasteiger partial charge in [0.05, 0.1) is 17.0 Å². The lowest BCUT2D eigenvalue weighted by Crippen LogP contribution is -2.42. The summed E-state index contributed by atoms with van der Waals surface area (Å²) >= 11 is 5.86. The first-order valence-electron chi connectivity index (χ1n) is 8.72. The second kappa shape index (κ2) is 12.0. The molecule has 0 amide bonds. The Kier molecular flexibility index (Phi) is 11.6. The van der Waals surface area contributed by atoms with Crippen LogP contribution in [-0.2, 0) is 9.84 Å². The summed E-state index contributed by atoms with van der Waals surface area (Å²) in [7, 11) is -3.16. The zero-order valence-corrected chi connectivity index (χ0v) is 20.5. The van der Waals surface area contributed by atoms with Crippen LogP contribution in [0.1, 0.15) is 34.6 Å². The van der Waals surface area contributed by atoms with Crippen LogP contribution in [-0.4, -0.2) is 50.6 Å². The molecule has 0 saturated carbocycles. The van der Waals surface area contributed by atoms with Crippen LogP contribution in [0.4, 0.5) is 0 Å². The van der Waals surface area contributed by atoms with E-state index < -0.39 is 14.6 Å². The Bertz CT molecular complexity index is 689. The van der Waals surface area contributed by atoms with Crippen molar-refractivity contribution >= 4 is 51.4 Å². The van der Waals surface area contributed by atoms with Crippen LogP contribution in [0, 0.1) is 0 Å². The van der Waals surface area contributed by atoms with E-state index in [0.717, 1.165) is 5.75 Å². The highest BCUT2D eigenvalue weighted by Gasteiger charge is 2.28. The van der Waals surface area contributed by atoms with Crippen LogP contribution >= 0.6 is 35.6 Å². The van der Waals surface area contributed by atoms with Crippen molar-refractivity contribution < 1.29 is 13.2 Å². The fraction of sp³-hybridized carbons (Fsp3) is 0.611. The fourth-order valence-corrected chi connectivity index (χ4v) is 3.06. The zero-order valence-electron chi connectivity index (χ0n) is 16.6. The Morgan fingerprint density at radius 3 is 2.33 bits per heavy atom. The van der Waals surface area contributed by atoms with E-state index in [4.69, 9.17) is 16.3 Å². The number of nitrogens with zero attached hydrogens (tertiary/aromatic N) is 1. The summed E-state index contributed by atoms with van der Waals surface area (Å²) < 4.78 is 29.3. The number of hydrogen-bond donors (Lipinski definition) is 2. The third kappa shape index (κ3) is 9.84. The third-order valence-electron chi connectivity index (χ3n) is 3.60. The molecule has 156 valence electrons. The SMILES string of the molecule is CCNC(=NCC(C)Oc1ccc(Cl)cc1)NCCS(=O)(=O)C(C)(C)C.I. The molecule has 0 aliphatic rings. The molecule has 0 bridgehead atoms. The molecule has 1 aromatic rings. The van der Waals surface area contributed by atoms with Gasteiger partial charge in [0.15, 0.2) is 15.8 Å². The maximum Gasteiger partial charge on any atom is 0.191 e. The number of ether oxygens (including phenoxy) is 1. The highest BCUT2D eigenvalue weighted by Crippen LogP contribution is 2.17. The highest BCUT2D eigenvalue weighted by atomic mass is 127. The maximum absolute atomic E-state index is 12.2. The van der Waals surface area contributed by atoms with Gasteiger partial charge < -0.3 is 15.4 Å². The Morgan fingerprint density at radius 2 is 1.81 bits per heavy atom. The van der Waals surface area contributed by atoms with E-state index in [-0.39, 0.29) is 35.8 Å². The van der Waals surface area contributed by atoms with Crippen molar-refractivity contribution in [2.24, 2.45) is 4.99 Å². The van der Waals surface area contributed by atoms with Gasteiger partial charge in [-0.1, -0.05) is 11.6 Å². The molecule has 0 fully saturated rings. The smallest absolute Gasteiger partial charge is 0.191 e. The summed E-state index contributed by atoms with van der Waals surface area (Å²) in [6.45, 7) is 10.4. The van der Waals surface area contributed by atoms with Gasteiger partial charge in [-0.3, -0.25) is 0 Å². The summed E-state index contributed by atoms with van der Waals surface area (Å²) in [6, 6.07) is 7.16. The molecule has 1 unspecified atom stereocenters. The van der Waals surface area contributed by atoms with Crippen molar-refractivity contribution in [2.45, 2.75) is 45.5 Å². The van der Waals surface area contributed by atoms with Crippen molar-refractivity contribution in [3.05, 3.63) is 29.3 Å². The van der Waals surface area contributed by atoms with Crippen LogP contribution in [0.3, 0.4) is 0 Å². The maximum atomic E-state index is 12.2. The number of sulfone groups is 1. The van der Waals surface area contributed by atoms with E-state index >= 15 is 0 Å². The molecule has 27 heavy (non-hydrogen) atoms. The lowest BCUT2D eigenvalue weighted by Gasteiger charge is -2.20. The van der Waals surface area contributed by atoms with Gasteiger partial charge in [-0.25, -0.2) is 13.4 Å². The summed E-state index contributed by atoms with van der Waals surface area (Å²) in [4.78, 5) is 4.46. The number of halogens is 2. The predicted octanol–water partition coefficient (Wildman–Crippen LogP) is 3.49. The molecule has 6 nitrogen and oxygen atoms in total. The molecule has 0 aliphatic carbocycles. The van der Waals surface area contributed by atoms with Crippen molar-refractivity contribution in [3.63, 3.8) is 0 Å². The summed E-state index contributed by atoms with van der Waals surface area (Å²) in [5.74, 6) is 1.35.